The molecule has 104 valence electrons. The fourth-order valence-electron chi connectivity index (χ4n) is 1.75. The molecule has 0 saturated heterocycles. The number of amides is 1. The number of rotatable bonds is 5. The third kappa shape index (κ3) is 4.19. The summed E-state index contributed by atoms with van der Waals surface area (Å²) >= 11 is 5.74. The Bertz CT molecular complexity index is 567. The molecule has 0 aromatic heterocycles. The predicted molar refractivity (Wildman–Crippen MR) is 74.7 cm³/mol. The van der Waals surface area contributed by atoms with Gasteiger partial charge in [-0.25, -0.2) is 8.42 Å². The van der Waals surface area contributed by atoms with Crippen LogP contribution in [-0.2, 0) is 14.8 Å². The summed E-state index contributed by atoms with van der Waals surface area (Å²) in [5, 5.41) is 3.23. The fourth-order valence-corrected chi connectivity index (χ4v) is 2.99. The van der Waals surface area contributed by atoms with Crippen molar-refractivity contribution in [2.75, 3.05) is 18.1 Å². The molecule has 1 aromatic carbocycles. The van der Waals surface area contributed by atoms with E-state index in [2.05, 4.69) is 5.32 Å². The van der Waals surface area contributed by atoms with Gasteiger partial charge in [0, 0.05) is 16.8 Å². The first-order chi connectivity index (χ1) is 8.86. The fraction of sp³-hybridized carbons (Fsp3) is 0.417. The summed E-state index contributed by atoms with van der Waals surface area (Å²) in [5.41, 5.74) is 0.596. The molecule has 5 nitrogen and oxygen atoms in total. The maximum Gasteiger partial charge on any atom is 0.239 e. The van der Waals surface area contributed by atoms with E-state index < -0.39 is 10.0 Å². The maximum atomic E-state index is 11.8. The van der Waals surface area contributed by atoms with Crippen LogP contribution < -0.4 is 5.32 Å². The number of hydrogen-bond acceptors (Lipinski definition) is 3. The number of benzene rings is 1. The highest BCUT2D eigenvalue weighted by atomic mass is 35.5. The Morgan fingerprint density at radius 1 is 1.37 bits per heavy atom. The molecule has 7 heteroatoms. The van der Waals surface area contributed by atoms with Gasteiger partial charge in [-0.2, -0.15) is 4.31 Å². The van der Waals surface area contributed by atoms with Crippen molar-refractivity contribution in [2.45, 2.75) is 18.9 Å². The number of carbonyl (C=O) groups excluding carboxylic acids is 1. The molecule has 0 atom stereocenters. The SMILES string of the molecule is CS(=O)(=O)N(CC(=O)Nc1ccc(Cl)cc1)C1CC1. The zero-order valence-electron chi connectivity index (χ0n) is 10.5. The molecule has 0 aliphatic heterocycles. The second-order valence-electron chi connectivity index (χ2n) is 4.59. The molecule has 0 unspecified atom stereocenters. The quantitative estimate of drug-likeness (QED) is 0.900. The van der Waals surface area contributed by atoms with Gasteiger partial charge in [-0.3, -0.25) is 4.79 Å². The molecular weight excluding hydrogens is 288 g/mol. The molecule has 1 saturated carbocycles. The van der Waals surface area contributed by atoms with Crippen LogP contribution in [0.2, 0.25) is 5.02 Å². The average Bonchev–Trinajstić information content (AvgIpc) is 3.11. The number of halogens is 1. The topological polar surface area (TPSA) is 66.5 Å². The summed E-state index contributed by atoms with van der Waals surface area (Å²) < 4.78 is 24.4. The van der Waals surface area contributed by atoms with Crippen molar-refractivity contribution in [3.05, 3.63) is 29.3 Å². The molecule has 1 N–H and O–H groups in total. The Balaban J connectivity index is 1.98. The number of anilines is 1. The Morgan fingerprint density at radius 3 is 2.42 bits per heavy atom. The molecule has 0 heterocycles. The number of hydrogen-bond donors (Lipinski definition) is 1. The van der Waals surface area contributed by atoms with Crippen LogP contribution in [0.15, 0.2) is 24.3 Å². The van der Waals surface area contributed by atoms with Crippen LogP contribution in [0.5, 0.6) is 0 Å². The Hall–Kier alpha value is -1.11. The highest BCUT2D eigenvalue weighted by Crippen LogP contribution is 2.28. The highest BCUT2D eigenvalue weighted by Gasteiger charge is 2.36. The van der Waals surface area contributed by atoms with Crippen molar-refractivity contribution in [2.24, 2.45) is 0 Å². The average molecular weight is 303 g/mol. The highest BCUT2D eigenvalue weighted by molar-refractivity contribution is 7.88. The Labute approximate surface area is 117 Å². The third-order valence-electron chi connectivity index (χ3n) is 2.81. The second kappa shape index (κ2) is 5.48. The monoisotopic (exact) mass is 302 g/mol. The molecule has 1 aromatic rings. The van der Waals surface area contributed by atoms with E-state index in [0.29, 0.717) is 10.7 Å². The van der Waals surface area contributed by atoms with E-state index in [4.69, 9.17) is 11.6 Å². The van der Waals surface area contributed by atoms with Crippen molar-refractivity contribution in [1.29, 1.82) is 0 Å². The molecule has 1 aliphatic rings. The van der Waals surface area contributed by atoms with Crippen LogP contribution in [0.4, 0.5) is 5.69 Å². The van der Waals surface area contributed by atoms with Crippen molar-refractivity contribution >= 4 is 33.2 Å². The maximum absolute atomic E-state index is 11.8. The normalized spacial score (nSPS) is 15.5. The van der Waals surface area contributed by atoms with E-state index >= 15 is 0 Å². The predicted octanol–water partition coefficient (Wildman–Crippen LogP) is 1.70. The Morgan fingerprint density at radius 2 is 1.95 bits per heavy atom. The molecule has 1 amide bonds. The number of nitrogens with zero attached hydrogens (tertiary/aromatic N) is 1. The van der Waals surface area contributed by atoms with Gasteiger partial charge >= 0.3 is 0 Å². The van der Waals surface area contributed by atoms with E-state index in [1.165, 1.54) is 4.31 Å². The van der Waals surface area contributed by atoms with Gasteiger partial charge < -0.3 is 5.32 Å². The molecule has 1 aliphatic carbocycles. The van der Waals surface area contributed by atoms with Crippen molar-refractivity contribution in [3.63, 3.8) is 0 Å². The first-order valence-electron chi connectivity index (χ1n) is 5.88. The number of nitrogens with one attached hydrogen (secondary N) is 1. The van der Waals surface area contributed by atoms with Crippen LogP contribution >= 0.6 is 11.6 Å². The lowest BCUT2D eigenvalue weighted by Gasteiger charge is -2.18. The summed E-state index contributed by atoms with van der Waals surface area (Å²) in [4.78, 5) is 11.8. The third-order valence-corrected chi connectivity index (χ3v) is 4.34. The largest absolute Gasteiger partial charge is 0.325 e. The van der Waals surface area contributed by atoms with Gasteiger partial charge in [-0.15, -0.1) is 0 Å². The van der Waals surface area contributed by atoms with Crippen LogP contribution in [0.1, 0.15) is 12.8 Å². The molecular formula is C12H15ClN2O3S. The molecule has 2 rings (SSSR count). The minimum absolute atomic E-state index is 0.0223. The minimum Gasteiger partial charge on any atom is -0.325 e. The number of sulfonamides is 1. The van der Waals surface area contributed by atoms with E-state index in [-0.39, 0.29) is 18.5 Å². The van der Waals surface area contributed by atoms with Gasteiger partial charge in [0.05, 0.1) is 12.8 Å². The van der Waals surface area contributed by atoms with Gasteiger partial charge in [0.1, 0.15) is 0 Å². The smallest absolute Gasteiger partial charge is 0.239 e. The zero-order chi connectivity index (χ0) is 14.0. The van der Waals surface area contributed by atoms with Gasteiger partial charge in [-0.1, -0.05) is 11.6 Å². The van der Waals surface area contributed by atoms with E-state index in [0.717, 1.165) is 19.1 Å². The lowest BCUT2D eigenvalue weighted by atomic mass is 10.3. The first-order valence-corrected chi connectivity index (χ1v) is 8.11. The summed E-state index contributed by atoms with van der Waals surface area (Å²) in [6, 6.07) is 6.63. The molecule has 1 fully saturated rings. The van der Waals surface area contributed by atoms with Gasteiger partial charge in [0.15, 0.2) is 0 Å². The zero-order valence-corrected chi connectivity index (χ0v) is 12.0. The summed E-state index contributed by atoms with van der Waals surface area (Å²) in [5.74, 6) is -0.348. The van der Waals surface area contributed by atoms with Crippen LogP contribution in [-0.4, -0.2) is 37.5 Å². The first kappa shape index (κ1) is 14.3. The molecule has 0 radical (unpaired) electrons. The van der Waals surface area contributed by atoms with E-state index in [9.17, 15) is 13.2 Å². The molecule has 0 spiro atoms. The summed E-state index contributed by atoms with van der Waals surface area (Å²) in [6.45, 7) is -0.147. The number of carbonyl (C=O) groups is 1. The lowest BCUT2D eigenvalue weighted by molar-refractivity contribution is -0.116. The van der Waals surface area contributed by atoms with E-state index in [1.807, 2.05) is 0 Å². The summed E-state index contributed by atoms with van der Waals surface area (Å²) in [7, 11) is -3.34. The lowest BCUT2D eigenvalue weighted by Crippen LogP contribution is -2.38. The Kier molecular flexibility index (Phi) is 4.13. The molecule has 0 bridgehead atoms. The van der Waals surface area contributed by atoms with Gasteiger partial charge in [0.2, 0.25) is 15.9 Å². The molecule has 19 heavy (non-hydrogen) atoms. The van der Waals surface area contributed by atoms with Crippen LogP contribution in [0, 0.1) is 0 Å². The van der Waals surface area contributed by atoms with Crippen LogP contribution in [0.25, 0.3) is 0 Å². The van der Waals surface area contributed by atoms with E-state index in [1.54, 1.807) is 24.3 Å². The van der Waals surface area contributed by atoms with Crippen molar-refractivity contribution in [1.82, 2.24) is 4.31 Å². The minimum atomic E-state index is -3.34. The van der Waals surface area contributed by atoms with Crippen LogP contribution in [0.3, 0.4) is 0 Å². The second-order valence-corrected chi connectivity index (χ2v) is 6.97. The van der Waals surface area contributed by atoms with Gasteiger partial charge in [0.25, 0.3) is 0 Å². The summed E-state index contributed by atoms with van der Waals surface area (Å²) in [6.07, 6.45) is 2.77. The van der Waals surface area contributed by atoms with Crippen molar-refractivity contribution < 1.29 is 13.2 Å². The van der Waals surface area contributed by atoms with Gasteiger partial charge in [-0.05, 0) is 37.1 Å². The standard InChI is InChI=1S/C12H15ClN2O3S/c1-19(17,18)15(11-6-7-11)8-12(16)14-10-4-2-9(13)3-5-10/h2-5,11H,6-8H2,1H3,(H,14,16). The van der Waals surface area contributed by atoms with Crippen molar-refractivity contribution in [3.8, 4) is 0 Å².